The van der Waals surface area contributed by atoms with Gasteiger partial charge in [-0.25, -0.2) is 8.42 Å². The molecular weight excluding hydrogens is 595 g/mol. The second-order valence-corrected chi connectivity index (χ2v) is 13.9. The fourth-order valence-corrected chi connectivity index (χ4v) is 7.51. The van der Waals surface area contributed by atoms with Crippen LogP contribution in [0.1, 0.15) is 54.9 Å². The van der Waals surface area contributed by atoms with Crippen molar-refractivity contribution in [1.29, 1.82) is 0 Å². The number of carbonyl (C=O) groups excluding carboxylic acids is 2. The van der Waals surface area contributed by atoms with Gasteiger partial charge in [0.1, 0.15) is 12.6 Å². The summed E-state index contributed by atoms with van der Waals surface area (Å²) in [5, 5.41) is 3.22. The minimum Gasteiger partial charge on any atom is -0.352 e. The first-order valence-corrected chi connectivity index (χ1v) is 17.5. The molecule has 0 bridgehead atoms. The third-order valence-corrected chi connectivity index (χ3v) is 10.4. The van der Waals surface area contributed by atoms with Crippen molar-refractivity contribution < 1.29 is 18.0 Å². The van der Waals surface area contributed by atoms with E-state index in [-0.39, 0.29) is 23.4 Å². The summed E-state index contributed by atoms with van der Waals surface area (Å²) in [6, 6.07) is 32.1. The number of nitrogens with zero attached hydrogens (tertiary/aromatic N) is 2. The maximum Gasteiger partial charge on any atom is 0.264 e. The highest BCUT2D eigenvalue weighted by atomic mass is 32.2. The first-order valence-electron chi connectivity index (χ1n) is 16.1. The molecule has 0 unspecified atom stereocenters. The molecule has 0 aromatic heterocycles. The Hall–Kier alpha value is -4.43. The van der Waals surface area contributed by atoms with Gasteiger partial charge in [0.15, 0.2) is 0 Å². The minimum absolute atomic E-state index is 0.0636. The van der Waals surface area contributed by atoms with Gasteiger partial charge in [0.05, 0.1) is 10.6 Å². The van der Waals surface area contributed by atoms with Crippen LogP contribution in [-0.4, -0.2) is 43.8 Å². The molecule has 1 atom stereocenters. The van der Waals surface area contributed by atoms with E-state index >= 15 is 0 Å². The highest BCUT2D eigenvalue weighted by Crippen LogP contribution is 2.26. The molecule has 0 radical (unpaired) electrons. The minimum atomic E-state index is -4.12. The molecule has 0 spiro atoms. The smallest absolute Gasteiger partial charge is 0.264 e. The molecule has 1 fully saturated rings. The first kappa shape index (κ1) is 32.9. The number of benzene rings is 4. The molecule has 240 valence electrons. The van der Waals surface area contributed by atoms with Crippen molar-refractivity contribution in [3.05, 3.63) is 131 Å². The Labute approximate surface area is 273 Å². The van der Waals surface area contributed by atoms with Crippen molar-refractivity contribution in [2.24, 2.45) is 0 Å². The van der Waals surface area contributed by atoms with Gasteiger partial charge in [-0.15, -0.1) is 0 Å². The van der Waals surface area contributed by atoms with Crippen molar-refractivity contribution in [3.63, 3.8) is 0 Å². The molecule has 0 aliphatic heterocycles. The monoisotopic (exact) mass is 637 g/mol. The molecule has 4 aromatic rings. The predicted molar refractivity (Wildman–Crippen MR) is 183 cm³/mol. The third-order valence-electron chi connectivity index (χ3n) is 8.65. The van der Waals surface area contributed by atoms with E-state index in [2.05, 4.69) is 5.32 Å². The van der Waals surface area contributed by atoms with E-state index in [0.717, 1.165) is 54.4 Å². The van der Waals surface area contributed by atoms with E-state index in [9.17, 15) is 18.0 Å². The molecule has 0 heterocycles. The summed E-state index contributed by atoms with van der Waals surface area (Å²) in [5.41, 5.74) is 4.26. The average Bonchev–Trinajstić information content (AvgIpc) is 3.59. The molecule has 0 saturated heterocycles. The molecule has 46 heavy (non-hydrogen) atoms. The van der Waals surface area contributed by atoms with E-state index in [1.54, 1.807) is 35.2 Å². The number of nitrogens with one attached hydrogen (secondary N) is 1. The molecular formula is C38H43N3O4S. The summed E-state index contributed by atoms with van der Waals surface area (Å²) < 4.78 is 29.5. The van der Waals surface area contributed by atoms with Gasteiger partial charge in [0.2, 0.25) is 11.8 Å². The lowest BCUT2D eigenvalue weighted by Crippen LogP contribution is -2.54. The van der Waals surface area contributed by atoms with Crippen LogP contribution in [0.15, 0.2) is 114 Å². The molecule has 7 nitrogen and oxygen atoms in total. The normalized spacial score (nSPS) is 14.0. The van der Waals surface area contributed by atoms with Gasteiger partial charge in [-0.05, 0) is 67.1 Å². The molecule has 1 N–H and O–H groups in total. The molecule has 4 aromatic carbocycles. The second-order valence-electron chi connectivity index (χ2n) is 12.1. The zero-order chi connectivity index (χ0) is 32.5. The molecule has 2 amide bonds. The number of carbonyl (C=O) groups is 2. The average molecular weight is 638 g/mol. The number of hydrogen-bond donors (Lipinski definition) is 1. The van der Waals surface area contributed by atoms with Crippen molar-refractivity contribution >= 4 is 27.5 Å². The van der Waals surface area contributed by atoms with Gasteiger partial charge in [-0.1, -0.05) is 110 Å². The molecule has 5 rings (SSSR count). The summed E-state index contributed by atoms with van der Waals surface area (Å²) in [6.07, 6.45) is 5.03. The summed E-state index contributed by atoms with van der Waals surface area (Å²) >= 11 is 0. The van der Waals surface area contributed by atoms with Crippen LogP contribution >= 0.6 is 0 Å². The Bertz CT molecular complexity index is 1700. The Morgan fingerprint density at radius 2 is 1.43 bits per heavy atom. The van der Waals surface area contributed by atoms with Crippen molar-refractivity contribution in [3.8, 4) is 0 Å². The Morgan fingerprint density at radius 3 is 2.07 bits per heavy atom. The van der Waals surface area contributed by atoms with Crippen molar-refractivity contribution in [1.82, 2.24) is 10.2 Å². The fraction of sp³-hybridized carbons (Fsp3) is 0.316. The van der Waals surface area contributed by atoms with Crippen LogP contribution in [0, 0.1) is 6.92 Å². The Balaban J connectivity index is 1.56. The van der Waals surface area contributed by atoms with Crippen LogP contribution in [0.2, 0.25) is 0 Å². The summed E-state index contributed by atoms with van der Waals surface area (Å²) in [7, 11) is -4.12. The number of aryl methyl sites for hydroxylation is 2. The lowest BCUT2D eigenvalue weighted by Gasteiger charge is -2.34. The maximum atomic E-state index is 14.6. The summed E-state index contributed by atoms with van der Waals surface area (Å²) in [5.74, 6) is -0.676. The number of amides is 2. The van der Waals surface area contributed by atoms with Gasteiger partial charge < -0.3 is 10.2 Å². The number of rotatable bonds is 13. The van der Waals surface area contributed by atoms with Crippen LogP contribution in [0.3, 0.4) is 0 Å². The molecule has 8 heteroatoms. The van der Waals surface area contributed by atoms with E-state index in [1.165, 1.54) is 16.4 Å². The van der Waals surface area contributed by atoms with Crippen LogP contribution in [0.4, 0.5) is 5.69 Å². The zero-order valence-electron chi connectivity index (χ0n) is 26.6. The zero-order valence-corrected chi connectivity index (χ0v) is 27.5. The van der Waals surface area contributed by atoms with Crippen LogP contribution in [-0.2, 0) is 39.0 Å². The number of sulfonamides is 1. The highest BCUT2D eigenvalue weighted by Gasteiger charge is 2.35. The summed E-state index contributed by atoms with van der Waals surface area (Å²) in [6.45, 7) is 3.71. The maximum absolute atomic E-state index is 14.6. The SMILES string of the molecule is CCc1ccc(N(CC(=O)N(Cc2cccc(C)c2)[C@@H](Cc2ccccc2)C(=O)NC2CCCC2)S(=O)(=O)c2ccccc2)cc1. The van der Waals surface area contributed by atoms with Crippen LogP contribution in [0.25, 0.3) is 0 Å². The lowest BCUT2D eigenvalue weighted by atomic mass is 10.0. The van der Waals surface area contributed by atoms with Crippen LogP contribution in [0.5, 0.6) is 0 Å². The fourth-order valence-electron chi connectivity index (χ4n) is 6.08. The van der Waals surface area contributed by atoms with Gasteiger partial charge in [0.25, 0.3) is 10.0 Å². The van der Waals surface area contributed by atoms with Gasteiger partial charge in [-0.2, -0.15) is 0 Å². The van der Waals surface area contributed by atoms with Crippen LogP contribution < -0.4 is 9.62 Å². The summed E-state index contributed by atoms with van der Waals surface area (Å²) in [4.78, 5) is 30.4. The van der Waals surface area contributed by atoms with Crippen molar-refractivity contribution in [2.45, 2.75) is 75.9 Å². The van der Waals surface area contributed by atoms with E-state index in [4.69, 9.17) is 0 Å². The lowest BCUT2D eigenvalue weighted by molar-refractivity contribution is -0.140. The van der Waals surface area contributed by atoms with E-state index in [1.807, 2.05) is 80.6 Å². The topological polar surface area (TPSA) is 86.8 Å². The first-order chi connectivity index (χ1) is 22.2. The predicted octanol–water partition coefficient (Wildman–Crippen LogP) is 6.45. The molecule has 1 aliphatic rings. The standard InChI is InChI=1S/C38H43N3O4S/c1-3-30-21-23-34(24-22-30)41(46(44,45)35-19-8-5-9-20-35)28-37(42)40(27-32-16-12-13-29(2)25-32)36(26-31-14-6-4-7-15-31)38(43)39-33-17-10-11-18-33/h4-9,12-16,19-25,33,36H,3,10-11,17-18,26-28H2,1-2H3,(H,39,43)/t36-/m0/s1. The van der Waals surface area contributed by atoms with Crippen molar-refractivity contribution in [2.75, 3.05) is 10.8 Å². The quantitative estimate of drug-likeness (QED) is 0.183. The number of anilines is 1. The second kappa shape index (κ2) is 15.2. The van der Waals surface area contributed by atoms with Gasteiger partial charge in [-0.3, -0.25) is 13.9 Å². The number of hydrogen-bond acceptors (Lipinski definition) is 4. The Morgan fingerprint density at radius 1 is 0.804 bits per heavy atom. The van der Waals surface area contributed by atoms with Gasteiger partial charge >= 0.3 is 0 Å². The molecule has 1 saturated carbocycles. The third kappa shape index (κ3) is 8.23. The largest absolute Gasteiger partial charge is 0.352 e. The van der Waals surface area contributed by atoms with E-state index < -0.39 is 28.5 Å². The molecule has 1 aliphatic carbocycles. The van der Waals surface area contributed by atoms with E-state index in [0.29, 0.717) is 12.1 Å². The van der Waals surface area contributed by atoms with Gasteiger partial charge in [0, 0.05) is 19.0 Å². The highest BCUT2D eigenvalue weighted by molar-refractivity contribution is 7.92. The Kier molecular flexibility index (Phi) is 10.9.